The number of nitrogens with one attached hydrogen (secondary N) is 1. The van der Waals surface area contributed by atoms with Gasteiger partial charge in [-0.2, -0.15) is 0 Å². The monoisotopic (exact) mass is 354 g/mol. The van der Waals surface area contributed by atoms with Crippen LogP contribution in [0.25, 0.3) is 0 Å². The van der Waals surface area contributed by atoms with Gasteiger partial charge in [-0.25, -0.2) is 4.39 Å². The Morgan fingerprint density at radius 1 is 1.21 bits per heavy atom. The number of carbonyl (C=O) groups is 1. The fourth-order valence-corrected chi connectivity index (χ4v) is 4.40. The molecule has 1 amide bonds. The van der Waals surface area contributed by atoms with E-state index in [4.69, 9.17) is 5.73 Å². The number of benzene rings is 1. The number of rotatable bonds is 4. The Labute approximate surface area is 150 Å². The largest absolute Gasteiger partial charge is 0.352 e. The van der Waals surface area contributed by atoms with Gasteiger partial charge < -0.3 is 11.1 Å². The first kappa shape index (κ1) is 19.2. The number of halogens is 2. The Bertz CT molecular complexity index is 560. The summed E-state index contributed by atoms with van der Waals surface area (Å²) in [5.74, 6) is 0.196. The van der Waals surface area contributed by atoms with Crippen molar-refractivity contribution in [2.45, 2.75) is 62.8 Å². The normalized spacial score (nSPS) is 25.8. The van der Waals surface area contributed by atoms with Crippen LogP contribution in [-0.4, -0.2) is 18.5 Å². The van der Waals surface area contributed by atoms with E-state index in [-0.39, 0.29) is 30.2 Å². The summed E-state index contributed by atoms with van der Waals surface area (Å²) in [4.78, 5) is 13.2. The summed E-state index contributed by atoms with van der Waals surface area (Å²) >= 11 is 0. The van der Waals surface area contributed by atoms with Crippen LogP contribution >= 0.6 is 12.4 Å². The van der Waals surface area contributed by atoms with E-state index in [0.717, 1.165) is 56.9 Å². The van der Waals surface area contributed by atoms with Gasteiger partial charge in [-0.3, -0.25) is 4.79 Å². The van der Waals surface area contributed by atoms with Crippen LogP contribution in [0.1, 0.15) is 56.9 Å². The molecule has 3 rings (SSSR count). The number of amides is 1. The minimum absolute atomic E-state index is 0. The maximum Gasteiger partial charge on any atom is 0.230 e. The van der Waals surface area contributed by atoms with Gasteiger partial charge in [0.05, 0.1) is 5.41 Å². The third-order valence-corrected chi connectivity index (χ3v) is 5.80. The quantitative estimate of drug-likeness (QED) is 0.866. The van der Waals surface area contributed by atoms with Crippen LogP contribution in [0.4, 0.5) is 4.39 Å². The molecule has 0 aromatic heterocycles. The molecule has 5 heteroatoms. The number of hydrogen-bond donors (Lipinski definition) is 2. The first-order valence-electron chi connectivity index (χ1n) is 8.93. The van der Waals surface area contributed by atoms with E-state index in [0.29, 0.717) is 12.5 Å². The predicted molar refractivity (Wildman–Crippen MR) is 96.7 cm³/mol. The van der Waals surface area contributed by atoms with Gasteiger partial charge in [0.15, 0.2) is 0 Å². The second-order valence-corrected chi connectivity index (χ2v) is 7.16. The van der Waals surface area contributed by atoms with Crippen molar-refractivity contribution < 1.29 is 9.18 Å². The molecule has 2 atom stereocenters. The summed E-state index contributed by atoms with van der Waals surface area (Å²) in [6.45, 7) is 0.623. The number of carbonyl (C=O) groups excluding carboxylic acids is 1. The maximum absolute atomic E-state index is 13.7. The zero-order valence-corrected chi connectivity index (χ0v) is 14.9. The van der Waals surface area contributed by atoms with E-state index in [1.54, 1.807) is 12.1 Å². The van der Waals surface area contributed by atoms with Crippen molar-refractivity contribution >= 4 is 18.3 Å². The number of nitrogens with two attached hydrogens (primary N) is 1. The lowest BCUT2D eigenvalue weighted by Gasteiger charge is -2.38. The molecule has 134 valence electrons. The summed E-state index contributed by atoms with van der Waals surface area (Å²) in [5, 5.41) is 3.27. The van der Waals surface area contributed by atoms with Gasteiger partial charge in [0.2, 0.25) is 5.91 Å². The molecule has 1 aromatic carbocycles. The van der Waals surface area contributed by atoms with Gasteiger partial charge >= 0.3 is 0 Å². The van der Waals surface area contributed by atoms with Crippen LogP contribution in [0.2, 0.25) is 0 Å². The molecule has 0 saturated heterocycles. The molecule has 0 bridgehead atoms. The molecule has 0 heterocycles. The van der Waals surface area contributed by atoms with Crippen molar-refractivity contribution in [2.24, 2.45) is 11.7 Å². The molecule has 2 unspecified atom stereocenters. The topological polar surface area (TPSA) is 55.1 Å². The molecule has 2 fully saturated rings. The molecule has 24 heavy (non-hydrogen) atoms. The van der Waals surface area contributed by atoms with Crippen LogP contribution in [0, 0.1) is 11.7 Å². The van der Waals surface area contributed by atoms with Gasteiger partial charge in [-0.05, 0) is 55.8 Å². The summed E-state index contributed by atoms with van der Waals surface area (Å²) in [6.07, 6.45) is 8.04. The second kappa shape index (κ2) is 8.30. The van der Waals surface area contributed by atoms with E-state index in [1.165, 1.54) is 6.07 Å². The lowest BCUT2D eigenvalue weighted by Crippen LogP contribution is -2.51. The van der Waals surface area contributed by atoms with Crippen LogP contribution in [-0.2, 0) is 10.2 Å². The second-order valence-electron chi connectivity index (χ2n) is 7.16. The minimum atomic E-state index is -0.567. The summed E-state index contributed by atoms with van der Waals surface area (Å²) in [5.41, 5.74) is 6.10. The third kappa shape index (κ3) is 3.75. The summed E-state index contributed by atoms with van der Waals surface area (Å²) in [6, 6.07) is 6.79. The van der Waals surface area contributed by atoms with E-state index in [9.17, 15) is 9.18 Å². The van der Waals surface area contributed by atoms with Gasteiger partial charge in [0, 0.05) is 6.04 Å². The molecule has 2 aliphatic rings. The Kier molecular flexibility index (Phi) is 6.64. The average molecular weight is 355 g/mol. The van der Waals surface area contributed by atoms with Gasteiger partial charge in [0.25, 0.3) is 0 Å². The molecule has 0 radical (unpaired) electrons. The van der Waals surface area contributed by atoms with Crippen molar-refractivity contribution in [3.8, 4) is 0 Å². The third-order valence-electron chi connectivity index (χ3n) is 5.80. The smallest absolute Gasteiger partial charge is 0.230 e. The highest BCUT2D eigenvalue weighted by Crippen LogP contribution is 2.40. The van der Waals surface area contributed by atoms with Crippen LogP contribution in [0.15, 0.2) is 24.3 Å². The molecule has 3 N–H and O–H groups in total. The Hall–Kier alpha value is -1.13. The highest BCUT2D eigenvalue weighted by atomic mass is 35.5. The Morgan fingerprint density at radius 3 is 2.62 bits per heavy atom. The fraction of sp³-hybridized carbons (Fsp3) is 0.632. The van der Waals surface area contributed by atoms with E-state index >= 15 is 0 Å². The number of hydrogen-bond acceptors (Lipinski definition) is 2. The molecular weight excluding hydrogens is 327 g/mol. The standard InChI is InChI=1S/C19H27FN2O.ClH/c20-16-8-5-7-15(12-16)19(10-2-1-3-11-19)18(23)22-17-9-4-6-14(17)13-21;/h5,7-8,12,14,17H,1-4,6,9-11,13,21H2,(H,22,23);1H. The van der Waals surface area contributed by atoms with E-state index < -0.39 is 5.41 Å². The maximum atomic E-state index is 13.7. The van der Waals surface area contributed by atoms with Gasteiger partial charge in [-0.1, -0.05) is 37.8 Å². The fourth-order valence-electron chi connectivity index (χ4n) is 4.40. The first-order valence-corrected chi connectivity index (χ1v) is 8.93. The lowest BCUT2D eigenvalue weighted by atomic mass is 9.68. The van der Waals surface area contributed by atoms with Gasteiger partial charge in [0.1, 0.15) is 5.82 Å². The molecule has 0 spiro atoms. The van der Waals surface area contributed by atoms with Crippen molar-refractivity contribution in [2.75, 3.05) is 6.54 Å². The van der Waals surface area contributed by atoms with Crippen molar-refractivity contribution in [3.63, 3.8) is 0 Å². The zero-order valence-electron chi connectivity index (χ0n) is 14.1. The molecule has 3 nitrogen and oxygen atoms in total. The highest BCUT2D eigenvalue weighted by Gasteiger charge is 2.43. The molecule has 1 aromatic rings. The van der Waals surface area contributed by atoms with Crippen LogP contribution in [0.5, 0.6) is 0 Å². The Balaban J connectivity index is 0.00000208. The summed E-state index contributed by atoms with van der Waals surface area (Å²) in [7, 11) is 0. The van der Waals surface area contributed by atoms with Gasteiger partial charge in [-0.15, -0.1) is 12.4 Å². The summed E-state index contributed by atoms with van der Waals surface area (Å²) < 4.78 is 13.7. The van der Waals surface area contributed by atoms with Crippen molar-refractivity contribution in [3.05, 3.63) is 35.6 Å². The average Bonchev–Trinajstić information content (AvgIpc) is 3.02. The molecule has 2 saturated carbocycles. The SMILES string of the molecule is Cl.NCC1CCCC1NC(=O)C1(c2cccc(F)c2)CCCCC1. The minimum Gasteiger partial charge on any atom is -0.352 e. The molecule has 2 aliphatic carbocycles. The van der Waals surface area contributed by atoms with E-state index in [1.807, 2.05) is 6.07 Å². The zero-order chi connectivity index (χ0) is 16.3. The first-order chi connectivity index (χ1) is 11.2. The van der Waals surface area contributed by atoms with Crippen molar-refractivity contribution in [1.29, 1.82) is 0 Å². The molecular formula is C19H28ClFN2O. The van der Waals surface area contributed by atoms with Crippen molar-refractivity contribution in [1.82, 2.24) is 5.32 Å². The van der Waals surface area contributed by atoms with E-state index in [2.05, 4.69) is 5.32 Å². The molecule has 0 aliphatic heterocycles. The Morgan fingerprint density at radius 2 is 1.96 bits per heavy atom. The lowest BCUT2D eigenvalue weighted by molar-refractivity contribution is -0.129. The van der Waals surface area contributed by atoms with Crippen LogP contribution < -0.4 is 11.1 Å². The van der Waals surface area contributed by atoms with Crippen LogP contribution in [0.3, 0.4) is 0 Å². The highest BCUT2D eigenvalue weighted by molar-refractivity contribution is 5.88. The predicted octanol–water partition coefficient (Wildman–Crippen LogP) is 3.69.